The maximum absolute atomic E-state index is 13.3. The second-order valence-corrected chi connectivity index (χ2v) is 9.25. The van der Waals surface area contributed by atoms with E-state index in [0.29, 0.717) is 26.3 Å². The molecule has 1 amide bonds. The van der Waals surface area contributed by atoms with Crippen LogP contribution in [0.25, 0.3) is 11.7 Å². The molecule has 2 aromatic heterocycles. The Morgan fingerprint density at radius 2 is 1.84 bits per heavy atom. The van der Waals surface area contributed by atoms with Crippen molar-refractivity contribution in [2.45, 2.75) is 19.9 Å². The highest BCUT2D eigenvalue weighted by molar-refractivity contribution is 8.26. The van der Waals surface area contributed by atoms with Gasteiger partial charge in [0.15, 0.2) is 0 Å². The van der Waals surface area contributed by atoms with Crippen molar-refractivity contribution in [2.24, 2.45) is 0 Å². The Balaban J connectivity index is 1.81. The number of hydrogen-bond acceptors (Lipinski definition) is 6. The van der Waals surface area contributed by atoms with Crippen molar-refractivity contribution in [1.82, 2.24) is 14.3 Å². The van der Waals surface area contributed by atoms with Crippen LogP contribution in [0.4, 0.5) is 5.82 Å². The highest BCUT2D eigenvalue weighted by Gasteiger charge is 2.36. The third kappa shape index (κ3) is 3.77. The van der Waals surface area contributed by atoms with Gasteiger partial charge in [0.25, 0.3) is 11.5 Å². The van der Waals surface area contributed by atoms with Crippen molar-refractivity contribution in [2.75, 3.05) is 19.0 Å². The summed E-state index contributed by atoms with van der Waals surface area (Å²) in [6.07, 6.45) is 3.31. The maximum Gasteiger partial charge on any atom is 0.267 e. The molecule has 1 aliphatic rings. The summed E-state index contributed by atoms with van der Waals surface area (Å²) in [5.41, 5.74) is 2.63. The fourth-order valence-corrected chi connectivity index (χ4v) is 4.99. The van der Waals surface area contributed by atoms with Gasteiger partial charge in [-0.05, 0) is 37.1 Å². The van der Waals surface area contributed by atoms with Crippen LogP contribution in [0.1, 0.15) is 29.7 Å². The number of hydrogen-bond donors (Lipinski definition) is 0. The number of amides is 1. The fraction of sp³-hybridized carbons (Fsp3) is 0.217. The van der Waals surface area contributed by atoms with E-state index < -0.39 is 0 Å². The lowest BCUT2D eigenvalue weighted by Crippen LogP contribution is -2.31. The summed E-state index contributed by atoms with van der Waals surface area (Å²) < 4.78 is 1.99. The van der Waals surface area contributed by atoms with E-state index in [1.165, 1.54) is 16.2 Å². The number of aromatic nitrogens is 2. The molecule has 0 unspecified atom stereocenters. The normalized spacial score (nSPS) is 16.4. The molecule has 0 radical (unpaired) electrons. The number of aryl methyl sites for hydroxylation is 1. The molecule has 158 valence electrons. The van der Waals surface area contributed by atoms with Crippen LogP contribution in [0.15, 0.2) is 58.4 Å². The van der Waals surface area contributed by atoms with E-state index >= 15 is 0 Å². The number of nitrogens with zero attached hydrogens (tertiary/aromatic N) is 4. The molecule has 0 N–H and O–H groups in total. The van der Waals surface area contributed by atoms with E-state index in [2.05, 4.69) is 0 Å². The number of thiocarbonyl (C=S) groups is 1. The van der Waals surface area contributed by atoms with E-state index in [9.17, 15) is 9.59 Å². The van der Waals surface area contributed by atoms with Gasteiger partial charge in [-0.2, -0.15) is 0 Å². The second kappa shape index (κ2) is 8.28. The van der Waals surface area contributed by atoms with Gasteiger partial charge in [0.2, 0.25) is 0 Å². The van der Waals surface area contributed by atoms with Gasteiger partial charge in [0, 0.05) is 20.3 Å². The maximum atomic E-state index is 13.3. The third-order valence-corrected chi connectivity index (χ3v) is 6.59. The molecule has 4 rings (SSSR count). The first kappa shape index (κ1) is 21.3. The minimum absolute atomic E-state index is 0.202. The minimum atomic E-state index is -0.223. The molecule has 0 bridgehead atoms. The SMILES string of the molecule is Cc1cccn2c(=O)c(/C=C3\SC(=S)N([C@H](C)c4ccccc4)C3=O)c(N(C)C)nc12. The zero-order chi connectivity index (χ0) is 22.3. The van der Waals surface area contributed by atoms with Crippen molar-refractivity contribution in [3.63, 3.8) is 0 Å². The first-order valence-electron chi connectivity index (χ1n) is 9.81. The summed E-state index contributed by atoms with van der Waals surface area (Å²) in [6, 6.07) is 13.3. The summed E-state index contributed by atoms with van der Waals surface area (Å²) in [4.78, 5) is 35.1. The highest BCUT2D eigenvalue weighted by atomic mass is 32.2. The molecule has 3 heterocycles. The predicted octanol–water partition coefficient (Wildman–Crippen LogP) is 4.03. The minimum Gasteiger partial charge on any atom is -0.362 e. The summed E-state index contributed by atoms with van der Waals surface area (Å²) in [7, 11) is 3.66. The van der Waals surface area contributed by atoms with Gasteiger partial charge in [-0.3, -0.25) is 18.9 Å². The van der Waals surface area contributed by atoms with Gasteiger partial charge < -0.3 is 4.90 Å². The number of carbonyl (C=O) groups is 1. The average Bonchev–Trinajstić information content (AvgIpc) is 3.03. The zero-order valence-electron chi connectivity index (χ0n) is 17.7. The van der Waals surface area contributed by atoms with Crippen LogP contribution < -0.4 is 10.5 Å². The first-order chi connectivity index (χ1) is 14.8. The quantitative estimate of drug-likeness (QED) is 0.442. The lowest BCUT2D eigenvalue weighted by atomic mass is 10.1. The molecule has 31 heavy (non-hydrogen) atoms. The average molecular weight is 451 g/mol. The Bertz CT molecular complexity index is 1280. The summed E-state index contributed by atoms with van der Waals surface area (Å²) >= 11 is 6.73. The lowest BCUT2D eigenvalue weighted by Gasteiger charge is -2.23. The standard InChI is InChI=1S/C23H22N4O2S2/c1-14-9-8-12-26-19(14)24-20(25(3)4)17(21(26)28)13-18-22(29)27(23(30)31-18)15(2)16-10-6-5-7-11-16/h5-13,15H,1-4H3/b18-13-/t15-/m1/s1. The molecule has 1 aliphatic heterocycles. The molecular weight excluding hydrogens is 428 g/mol. The molecule has 3 aromatic rings. The monoisotopic (exact) mass is 450 g/mol. The Kier molecular flexibility index (Phi) is 5.68. The van der Waals surface area contributed by atoms with Crippen LogP contribution in [0.3, 0.4) is 0 Å². The summed E-state index contributed by atoms with van der Waals surface area (Å²) in [5, 5.41) is 0. The topological polar surface area (TPSA) is 57.9 Å². The zero-order valence-corrected chi connectivity index (χ0v) is 19.3. The Labute approximate surface area is 190 Å². The number of carbonyl (C=O) groups excluding carboxylic acids is 1. The Morgan fingerprint density at radius 1 is 1.13 bits per heavy atom. The van der Waals surface area contributed by atoms with E-state index in [1.54, 1.807) is 22.1 Å². The molecule has 8 heteroatoms. The van der Waals surface area contributed by atoms with Crippen molar-refractivity contribution in [3.05, 3.63) is 80.6 Å². The molecule has 0 spiro atoms. The van der Waals surface area contributed by atoms with Crippen LogP contribution in [-0.2, 0) is 4.79 Å². The van der Waals surface area contributed by atoms with Gasteiger partial charge in [-0.25, -0.2) is 4.98 Å². The number of rotatable bonds is 4. The molecule has 1 saturated heterocycles. The molecule has 1 atom stereocenters. The van der Waals surface area contributed by atoms with E-state index in [4.69, 9.17) is 17.2 Å². The second-order valence-electron chi connectivity index (χ2n) is 7.57. The van der Waals surface area contributed by atoms with Crippen molar-refractivity contribution >= 4 is 51.7 Å². The van der Waals surface area contributed by atoms with Crippen molar-refractivity contribution in [3.8, 4) is 0 Å². The lowest BCUT2D eigenvalue weighted by molar-refractivity contribution is -0.123. The molecule has 1 fully saturated rings. The number of benzene rings is 1. The Morgan fingerprint density at radius 3 is 2.52 bits per heavy atom. The molecule has 6 nitrogen and oxygen atoms in total. The van der Waals surface area contributed by atoms with Crippen molar-refractivity contribution in [1.29, 1.82) is 0 Å². The third-order valence-electron chi connectivity index (χ3n) is 5.26. The van der Waals surface area contributed by atoms with Gasteiger partial charge in [-0.1, -0.05) is 60.4 Å². The molecule has 0 saturated carbocycles. The largest absolute Gasteiger partial charge is 0.362 e. The van der Waals surface area contributed by atoms with Gasteiger partial charge in [-0.15, -0.1) is 0 Å². The Hall–Kier alpha value is -2.97. The van der Waals surface area contributed by atoms with Crippen molar-refractivity contribution < 1.29 is 4.79 Å². The predicted molar refractivity (Wildman–Crippen MR) is 130 cm³/mol. The first-order valence-corrected chi connectivity index (χ1v) is 11.0. The van der Waals surface area contributed by atoms with E-state index in [1.807, 2.05) is 70.4 Å². The highest BCUT2D eigenvalue weighted by Crippen LogP contribution is 2.38. The van der Waals surface area contributed by atoms with Crippen LogP contribution >= 0.6 is 24.0 Å². The van der Waals surface area contributed by atoms with E-state index in [-0.39, 0.29) is 17.5 Å². The number of anilines is 1. The number of fused-ring (bicyclic) bond motifs is 1. The van der Waals surface area contributed by atoms with Gasteiger partial charge >= 0.3 is 0 Å². The van der Waals surface area contributed by atoms with Gasteiger partial charge in [0.1, 0.15) is 15.8 Å². The fourth-order valence-electron chi connectivity index (χ4n) is 3.59. The number of thioether (sulfide) groups is 1. The molecule has 1 aromatic carbocycles. The number of pyridine rings is 1. The van der Waals surface area contributed by atoms with Gasteiger partial charge in [0.05, 0.1) is 16.5 Å². The van der Waals surface area contributed by atoms with Crippen LogP contribution in [0.2, 0.25) is 0 Å². The molecule has 0 aliphatic carbocycles. The molecular formula is C23H22N4O2S2. The smallest absolute Gasteiger partial charge is 0.267 e. The van der Waals surface area contributed by atoms with Crippen LogP contribution in [-0.4, -0.2) is 38.6 Å². The van der Waals surface area contributed by atoms with Crippen LogP contribution in [0, 0.1) is 6.92 Å². The van der Waals surface area contributed by atoms with Crippen LogP contribution in [0.5, 0.6) is 0 Å². The summed E-state index contributed by atoms with van der Waals surface area (Å²) in [5.74, 6) is 0.311. The van der Waals surface area contributed by atoms with E-state index in [0.717, 1.165) is 11.1 Å². The summed E-state index contributed by atoms with van der Waals surface area (Å²) in [6.45, 7) is 3.86.